The summed E-state index contributed by atoms with van der Waals surface area (Å²) in [6, 6.07) is 0. The monoisotopic (exact) mass is 214 g/mol. The lowest BCUT2D eigenvalue weighted by Gasteiger charge is -2.29. The molecule has 1 rings (SSSR count). The van der Waals surface area contributed by atoms with E-state index < -0.39 is 0 Å². The predicted octanol–water partition coefficient (Wildman–Crippen LogP) is 1.39. The van der Waals surface area contributed by atoms with Gasteiger partial charge in [0.1, 0.15) is 0 Å². The Balaban J connectivity index is 0. The molecule has 12 heavy (non-hydrogen) atoms. The molecule has 0 bridgehead atoms. The fourth-order valence-corrected chi connectivity index (χ4v) is 1.73. The highest BCUT2D eigenvalue weighted by molar-refractivity contribution is 5.85. The van der Waals surface area contributed by atoms with E-state index in [1.807, 2.05) is 7.05 Å². The summed E-state index contributed by atoms with van der Waals surface area (Å²) < 4.78 is 0. The molecule has 1 fully saturated rings. The smallest absolute Gasteiger partial charge is 0.00187 e. The number of piperidine rings is 1. The molecule has 1 saturated heterocycles. The third-order valence-corrected chi connectivity index (χ3v) is 2.21. The van der Waals surface area contributed by atoms with E-state index in [0.717, 1.165) is 5.92 Å². The number of hydrogen-bond acceptors (Lipinski definition) is 2. The highest BCUT2D eigenvalue weighted by atomic mass is 35.5. The van der Waals surface area contributed by atoms with Crippen molar-refractivity contribution in [3.05, 3.63) is 0 Å². The lowest BCUT2D eigenvalue weighted by molar-refractivity contribution is 0.208. The Morgan fingerprint density at radius 1 is 1.42 bits per heavy atom. The van der Waals surface area contributed by atoms with Gasteiger partial charge in [0.05, 0.1) is 0 Å². The fourth-order valence-electron chi connectivity index (χ4n) is 1.73. The summed E-state index contributed by atoms with van der Waals surface area (Å²) in [6.07, 6.45) is 2.79. The Morgan fingerprint density at radius 3 is 2.58 bits per heavy atom. The van der Waals surface area contributed by atoms with Gasteiger partial charge in [-0.15, -0.1) is 24.8 Å². The number of rotatable bonds is 2. The van der Waals surface area contributed by atoms with Crippen molar-refractivity contribution in [2.75, 3.05) is 33.7 Å². The molecule has 76 valence electrons. The largest absolute Gasteiger partial charge is 0.319 e. The average Bonchev–Trinajstić information content (AvgIpc) is 1.88. The third kappa shape index (κ3) is 5.20. The minimum absolute atomic E-state index is 0. The summed E-state index contributed by atoms with van der Waals surface area (Å²) in [5.74, 6) is 0.892. The van der Waals surface area contributed by atoms with Gasteiger partial charge in [-0.05, 0) is 45.9 Å². The van der Waals surface area contributed by atoms with E-state index in [4.69, 9.17) is 0 Å². The van der Waals surface area contributed by atoms with E-state index in [2.05, 4.69) is 17.3 Å². The van der Waals surface area contributed by atoms with Crippen LogP contribution in [0.2, 0.25) is 0 Å². The van der Waals surface area contributed by atoms with Crippen LogP contribution in [0, 0.1) is 5.92 Å². The van der Waals surface area contributed by atoms with Crippen LogP contribution in [0.1, 0.15) is 12.8 Å². The number of nitrogens with zero attached hydrogens (tertiary/aromatic N) is 1. The summed E-state index contributed by atoms with van der Waals surface area (Å²) in [4.78, 5) is 2.42. The van der Waals surface area contributed by atoms with Crippen LogP contribution in [0.3, 0.4) is 0 Å². The van der Waals surface area contributed by atoms with Crippen LogP contribution in [-0.2, 0) is 0 Å². The molecule has 1 atom stereocenters. The van der Waals surface area contributed by atoms with Crippen molar-refractivity contribution < 1.29 is 0 Å². The maximum atomic E-state index is 3.23. The van der Waals surface area contributed by atoms with Gasteiger partial charge in [-0.1, -0.05) is 0 Å². The number of halogens is 2. The van der Waals surface area contributed by atoms with Crippen LogP contribution in [0.25, 0.3) is 0 Å². The number of nitrogens with one attached hydrogen (secondary N) is 1. The van der Waals surface area contributed by atoms with Crippen LogP contribution in [0.5, 0.6) is 0 Å². The van der Waals surface area contributed by atoms with Gasteiger partial charge in [-0.2, -0.15) is 0 Å². The van der Waals surface area contributed by atoms with Crippen LogP contribution in [0.15, 0.2) is 0 Å². The molecule has 0 saturated carbocycles. The van der Waals surface area contributed by atoms with Crippen LogP contribution < -0.4 is 5.32 Å². The fraction of sp³-hybridized carbons (Fsp3) is 1.00. The van der Waals surface area contributed by atoms with Gasteiger partial charge in [0.15, 0.2) is 0 Å². The topological polar surface area (TPSA) is 15.3 Å². The molecular weight excluding hydrogens is 195 g/mol. The molecule has 0 radical (unpaired) electrons. The number of likely N-dealkylation sites (tertiary alicyclic amines) is 1. The van der Waals surface area contributed by atoms with E-state index >= 15 is 0 Å². The van der Waals surface area contributed by atoms with Gasteiger partial charge >= 0.3 is 0 Å². The minimum Gasteiger partial charge on any atom is -0.319 e. The Bertz CT molecular complexity index is 99.1. The van der Waals surface area contributed by atoms with Gasteiger partial charge in [0, 0.05) is 6.54 Å². The molecule has 0 aromatic carbocycles. The van der Waals surface area contributed by atoms with E-state index in [1.54, 1.807) is 0 Å². The first-order valence-electron chi connectivity index (χ1n) is 4.16. The normalized spacial score (nSPS) is 24.0. The molecule has 0 unspecified atom stereocenters. The SMILES string of the molecule is CNC[C@H]1CCCN(C)C1.Cl.Cl. The van der Waals surface area contributed by atoms with Crippen molar-refractivity contribution in [3.63, 3.8) is 0 Å². The zero-order valence-electron chi connectivity index (χ0n) is 7.88. The van der Waals surface area contributed by atoms with Crippen LogP contribution in [-0.4, -0.2) is 38.6 Å². The van der Waals surface area contributed by atoms with Crippen molar-refractivity contribution in [2.24, 2.45) is 5.92 Å². The molecule has 0 aromatic heterocycles. The van der Waals surface area contributed by atoms with E-state index in [0.29, 0.717) is 0 Å². The second kappa shape index (κ2) is 8.11. The van der Waals surface area contributed by atoms with Crippen molar-refractivity contribution in [1.29, 1.82) is 0 Å². The van der Waals surface area contributed by atoms with Crippen molar-refractivity contribution in [1.82, 2.24) is 10.2 Å². The quantitative estimate of drug-likeness (QED) is 0.748. The maximum absolute atomic E-state index is 3.23. The molecular formula is C8H20Cl2N2. The zero-order chi connectivity index (χ0) is 7.40. The first-order chi connectivity index (χ1) is 4.83. The van der Waals surface area contributed by atoms with Gasteiger partial charge < -0.3 is 10.2 Å². The van der Waals surface area contributed by atoms with Gasteiger partial charge in [0.25, 0.3) is 0 Å². The summed E-state index contributed by atoms with van der Waals surface area (Å²) in [5.41, 5.74) is 0. The molecule has 1 aliphatic rings. The van der Waals surface area contributed by atoms with Crippen molar-refractivity contribution in [3.8, 4) is 0 Å². The Kier molecular flexibility index (Phi) is 10.1. The van der Waals surface area contributed by atoms with Gasteiger partial charge in [-0.25, -0.2) is 0 Å². The molecule has 0 amide bonds. The van der Waals surface area contributed by atoms with E-state index in [9.17, 15) is 0 Å². The second-order valence-electron chi connectivity index (χ2n) is 3.33. The Morgan fingerprint density at radius 2 is 2.08 bits per heavy atom. The first-order valence-corrected chi connectivity index (χ1v) is 4.16. The van der Waals surface area contributed by atoms with Crippen LogP contribution in [0.4, 0.5) is 0 Å². The maximum Gasteiger partial charge on any atom is 0.00187 e. The summed E-state index contributed by atoms with van der Waals surface area (Å²) >= 11 is 0. The lowest BCUT2D eigenvalue weighted by Crippen LogP contribution is -2.36. The van der Waals surface area contributed by atoms with Crippen molar-refractivity contribution in [2.45, 2.75) is 12.8 Å². The Hall–Kier alpha value is 0.500. The van der Waals surface area contributed by atoms with Crippen LogP contribution >= 0.6 is 24.8 Å². The second-order valence-corrected chi connectivity index (χ2v) is 3.33. The van der Waals surface area contributed by atoms with Gasteiger partial charge in [0.2, 0.25) is 0 Å². The molecule has 1 heterocycles. The molecule has 2 nitrogen and oxygen atoms in total. The molecule has 1 aliphatic heterocycles. The lowest BCUT2D eigenvalue weighted by atomic mass is 9.99. The van der Waals surface area contributed by atoms with Crippen molar-refractivity contribution >= 4 is 24.8 Å². The average molecular weight is 215 g/mol. The number of hydrogen-bond donors (Lipinski definition) is 1. The summed E-state index contributed by atoms with van der Waals surface area (Å²) in [5, 5.41) is 3.23. The molecule has 0 aliphatic carbocycles. The molecule has 4 heteroatoms. The molecule has 0 aromatic rings. The minimum atomic E-state index is 0. The molecule has 1 N–H and O–H groups in total. The predicted molar refractivity (Wildman–Crippen MR) is 58.6 cm³/mol. The van der Waals surface area contributed by atoms with E-state index in [1.165, 1.54) is 32.5 Å². The summed E-state index contributed by atoms with van der Waals surface area (Å²) in [6.45, 7) is 3.76. The summed E-state index contributed by atoms with van der Waals surface area (Å²) in [7, 11) is 4.25. The zero-order valence-corrected chi connectivity index (χ0v) is 9.51. The van der Waals surface area contributed by atoms with Gasteiger partial charge in [-0.3, -0.25) is 0 Å². The Labute approximate surface area is 87.9 Å². The highest BCUT2D eigenvalue weighted by Crippen LogP contribution is 2.13. The standard InChI is InChI=1S/C8H18N2.2ClH/c1-9-6-8-4-3-5-10(2)7-8;;/h8-9H,3-7H2,1-2H3;2*1H/t8-;;/m1../s1. The molecule has 0 spiro atoms. The van der Waals surface area contributed by atoms with E-state index in [-0.39, 0.29) is 24.8 Å². The highest BCUT2D eigenvalue weighted by Gasteiger charge is 2.15. The third-order valence-electron chi connectivity index (χ3n) is 2.21. The first kappa shape index (κ1) is 15.0.